The molecule has 1 unspecified atom stereocenters. The van der Waals surface area contributed by atoms with Crippen molar-refractivity contribution >= 4 is 11.9 Å². The monoisotopic (exact) mass is 307 g/mol. The number of aliphatic carboxylic acids is 1. The fraction of sp³-hybridized carbons (Fsp3) is 0.667. The van der Waals surface area contributed by atoms with Gasteiger partial charge in [0.2, 0.25) is 0 Å². The van der Waals surface area contributed by atoms with Crippen LogP contribution in [0.25, 0.3) is 0 Å². The summed E-state index contributed by atoms with van der Waals surface area (Å²) in [5.74, 6) is -1.20. The summed E-state index contributed by atoms with van der Waals surface area (Å²) in [6.07, 6.45) is 6.39. The highest BCUT2D eigenvalue weighted by Gasteiger charge is 2.39. The number of aromatic nitrogens is 2. The van der Waals surface area contributed by atoms with Crippen LogP contribution in [0, 0.1) is 0 Å². The minimum atomic E-state index is -0.935. The molecule has 1 saturated carbocycles. The van der Waals surface area contributed by atoms with E-state index in [4.69, 9.17) is 9.84 Å². The van der Waals surface area contributed by atoms with Gasteiger partial charge in [-0.2, -0.15) is 5.10 Å². The zero-order chi connectivity index (χ0) is 15.6. The molecule has 7 heteroatoms. The molecular formula is C15H21N3O4. The largest absolute Gasteiger partial charge is 0.481 e. The van der Waals surface area contributed by atoms with Gasteiger partial charge in [-0.15, -0.1) is 0 Å². The van der Waals surface area contributed by atoms with Gasteiger partial charge in [0, 0.05) is 12.8 Å². The van der Waals surface area contributed by atoms with Gasteiger partial charge in [0.15, 0.2) is 0 Å². The van der Waals surface area contributed by atoms with Crippen LogP contribution in [0.1, 0.15) is 55.1 Å². The Morgan fingerprint density at radius 2 is 2.23 bits per heavy atom. The van der Waals surface area contributed by atoms with Gasteiger partial charge in [0.25, 0.3) is 5.91 Å². The van der Waals surface area contributed by atoms with Crippen molar-refractivity contribution in [1.29, 1.82) is 0 Å². The van der Waals surface area contributed by atoms with E-state index in [2.05, 4.69) is 10.4 Å². The zero-order valence-electron chi connectivity index (χ0n) is 12.5. The first kappa shape index (κ1) is 15.0. The lowest BCUT2D eigenvalue weighted by molar-refractivity contribution is -0.138. The molecule has 120 valence electrons. The average molecular weight is 307 g/mol. The van der Waals surface area contributed by atoms with Crippen LogP contribution in [0.4, 0.5) is 0 Å². The van der Waals surface area contributed by atoms with Crippen molar-refractivity contribution in [3.8, 4) is 0 Å². The van der Waals surface area contributed by atoms with E-state index in [1.54, 1.807) is 16.9 Å². The van der Waals surface area contributed by atoms with E-state index in [9.17, 15) is 9.59 Å². The second kappa shape index (κ2) is 6.08. The van der Waals surface area contributed by atoms with Crippen LogP contribution >= 0.6 is 0 Å². The number of nitrogens with zero attached hydrogens (tertiary/aromatic N) is 2. The van der Waals surface area contributed by atoms with Crippen LogP contribution in [-0.2, 0) is 9.53 Å². The summed E-state index contributed by atoms with van der Waals surface area (Å²) in [5, 5.41) is 16.3. The molecule has 2 fully saturated rings. The van der Waals surface area contributed by atoms with Crippen LogP contribution < -0.4 is 5.32 Å². The van der Waals surface area contributed by atoms with E-state index in [0.29, 0.717) is 18.7 Å². The molecule has 2 N–H and O–H groups in total. The maximum Gasteiger partial charge on any atom is 0.305 e. The lowest BCUT2D eigenvalue weighted by Crippen LogP contribution is -2.51. The predicted octanol–water partition coefficient (Wildman–Crippen LogP) is 1.36. The Kier molecular flexibility index (Phi) is 4.15. The van der Waals surface area contributed by atoms with E-state index < -0.39 is 11.5 Å². The van der Waals surface area contributed by atoms with Gasteiger partial charge in [-0.1, -0.05) is 12.8 Å². The quantitative estimate of drug-likeness (QED) is 0.856. The van der Waals surface area contributed by atoms with Gasteiger partial charge in [0.1, 0.15) is 5.69 Å². The minimum absolute atomic E-state index is 0.129. The maximum atomic E-state index is 12.6. The summed E-state index contributed by atoms with van der Waals surface area (Å²) in [5.41, 5.74) is -0.309. The Morgan fingerprint density at radius 1 is 1.45 bits per heavy atom. The molecule has 1 aliphatic carbocycles. The first-order chi connectivity index (χ1) is 10.6. The highest BCUT2D eigenvalue weighted by atomic mass is 16.5. The summed E-state index contributed by atoms with van der Waals surface area (Å²) in [7, 11) is 0. The van der Waals surface area contributed by atoms with Crippen molar-refractivity contribution < 1.29 is 19.4 Å². The number of hydrogen-bond donors (Lipinski definition) is 2. The molecule has 0 spiro atoms. The number of carbonyl (C=O) groups excluding carboxylic acids is 1. The minimum Gasteiger partial charge on any atom is -0.481 e. The van der Waals surface area contributed by atoms with Gasteiger partial charge < -0.3 is 15.2 Å². The van der Waals surface area contributed by atoms with Gasteiger partial charge in [-0.3, -0.25) is 14.3 Å². The van der Waals surface area contributed by atoms with Gasteiger partial charge in [-0.25, -0.2) is 0 Å². The lowest BCUT2D eigenvalue weighted by Gasteiger charge is -2.27. The molecule has 1 aliphatic heterocycles. The third kappa shape index (κ3) is 2.99. The first-order valence-corrected chi connectivity index (χ1v) is 7.75. The molecule has 1 aromatic heterocycles. The van der Waals surface area contributed by atoms with Crippen LogP contribution in [0.5, 0.6) is 0 Å². The number of hydrogen-bond acceptors (Lipinski definition) is 4. The molecular weight excluding hydrogens is 286 g/mol. The first-order valence-electron chi connectivity index (χ1n) is 7.75. The number of rotatable bonds is 5. The van der Waals surface area contributed by atoms with Crippen molar-refractivity contribution in [1.82, 2.24) is 15.1 Å². The van der Waals surface area contributed by atoms with Crippen molar-refractivity contribution in [3.05, 3.63) is 18.0 Å². The topological polar surface area (TPSA) is 93.5 Å². The molecule has 1 saturated heterocycles. The van der Waals surface area contributed by atoms with E-state index in [-0.39, 0.29) is 25.0 Å². The fourth-order valence-electron chi connectivity index (χ4n) is 3.42. The van der Waals surface area contributed by atoms with Gasteiger partial charge >= 0.3 is 5.97 Å². The zero-order valence-corrected chi connectivity index (χ0v) is 12.5. The van der Waals surface area contributed by atoms with Crippen molar-refractivity contribution in [3.63, 3.8) is 0 Å². The highest BCUT2D eigenvalue weighted by molar-refractivity contribution is 5.93. The molecule has 1 aromatic rings. The van der Waals surface area contributed by atoms with E-state index in [1.807, 2.05) is 0 Å². The molecule has 3 rings (SSSR count). The van der Waals surface area contributed by atoms with Crippen LogP contribution in [0.2, 0.25) is 0 Å². The third-order valence-corrected chi connectivity index (χ3v) is 4.55. The van der Waals surface area contributed by atoms with E-state index in [0.717, 1.165) is 25.7 Å². The third-order valence-electron chi connectivity index (χ3n) is 4.55. The molecule has 1 atom stereocenters. The van der Waals surface area contributed by atoms with Crippen LogP contribution in [-0.4, -0.2) is 45.5 Å². The Labute approximate surface area is 128 Å². The second-order valence-corrected chi connectivity index (χ2v) is 6.21. The number of nitrogens with one attached hydrogen (secondary N) is 1. The normalized spacial score (nSPS) is 25.5. The Bertz CT molecular complexity index is 557. The number of carbonyl (C=O) groups is 2. The predicted molar refractivity (Wildman–Crippen MR) is 77.6 cm³/mol. The average Bonchev–Trinajstić information content (AvgIpc) is 3.19. The van der Waals surface area contributed by atoms with Crippen molar-refractivity contribution in [2.24, 2.45) is 0 Å². The molecule has 22 heavy (non-hydrogen) atoms. The standard InChI is InChI=1S/C15H21N3O4/c19-13(20)9-15(6-8-22-10-15)17-14(21)12-5-7-16-18(12)11-3-1-2-4-11/h5,7,11H,1-4,6,8-10H2,(H,17,21)(H,19,20). The summed E-state index contributed by atoms with van der Waals surface area (Å²) < 4.78 is 7.09. The van der Waals surface area contributed by atoms with Crippen LogP contribution in [0.15, 0.2) is 12.3 Å². The Morgan fingerprint density at radius 3 is 2.86 bits per heavy atom. The molecule has 2 heterocycles. The molecule has 0 bridgehead atoms. The summed E-state index contributed by atoms with van der Waals surface area (Å²) in [4.78, 5) is 23.7. The molecule has 1 amide bonds. The molecule has 2 aliphatic rings. The number of amides is 1. The molecule has 7 nitrogen and oxygen atoms in total. The SMILES string of the molecule is O=C(O)CC1(NC(=O)c2ccnn2C2CCCC2)CCOC1. The highest BCUT2D eigenvalue weighted by Crippen LogP contribution is 2.30. The smallest absolute Gasteiger partial charge is 0.305 e. The molecule has 0 aromatic carbocycles. The van der Waals surface area contributed by atoms with Gasteiger partial charge in [-0.05, 0) is 25.3 Å². The lowest BCUT2D eigenvalue weighted by atomic mass is 9.94. The number of ether oxygens (including phenoxy) is 1. The summed E-state index contributed by atoms with van der Waals surface area (Å²) in [6, 6.07) is 1.96. The molecule has 0 radical (unpaired) electrons. The summed E-state index contributed by atoms with van der Waals surface area (Å²) >= 11 is 0. The fourth-order valence-corrected chi connectivity index (χ4v) is 3.42. The van der Waals surface area contributed by atoms with Crippen LogP contribution in [0.3, 0.4) is 0 Å². The summed E-state index contributed by atoms with van der Waals surface area (Å²) in [6.45, 7) is 0.706. The number of carboxylic acids is 1. The van der Waals surface area contributed by atoms with E-state index >= 15 is 0 Å². The Balaban J connectivity index is 1.76. The second-order valence-electron chi connectivity index (χ2n) is 6.21. The van der Waals surface area contributed by atoms with Crippen molar-refractivity contribution in [2.75, 3.05) is 13.2 Å². The van der Waals surface area contributed by atoms with E-state index in [1.165, 1.54) is 0 Å². The van der Waals surface area contributed by atoms with Crippen molar-refractivity contribution in [2.45, 2.75) is 50.1 Å². The van der Waals surface area contributed by atoms with Gasteiger partial charge in [0.05, 0.1) is 24.6 Å². The maximum absolute atomic E-state index is 12.6. The Hall–Kier alpha value is -1.89. The number of carboxylic acid groups (broad SMARTS) is 1.